The number of carbonyl (C=O) groups is 2. The van der Waals surface area contributed by atoms with E-state index in [4.69, 9.17) is 5.26 Å². The van der Waals surface area contributed by atoms with Crippen LogP contribution in [0.4, 0.5) is 13.6 Å². The summed E-state index contributed by atoms with van der Waals surface area (Å²) in [6.45, 7) is 1.99. The molecular weight excluding hydrogens is 328 g/mol. The number of nitrogens with one attached hydrogen (secondary N) is 1. The lowest BCUT2D eigenvalue weighted by Crippen LogP contribution is -2.52. The molecule has 1 aliphatic heterocycles. The van der Waals surface area contributed by atoms with Crippen LogP contribution in [0.5, 0.6) is 0 Å². The summed E-state index contributed by atoms with van der Waals surface area (Å²) in [5, 5.41) is 11.7. The van der Waals surface area contributed by atoms with E-state index in [0.29, 0.717) is 25.9 Å². The molecular formula is C18H25F2N3O2. The van der Waals surface area contributed by atoms with Gasteiger partial charge in [0.25, 0.3) is 0 Å². The molecule has 3 aliphatic rings. The summed E-state index contributed by atoms with van der Waals surface area (Å²) in [5.41, 5.74) is -0.477. The highest BCUT2D eigenvalue weighted by Crippen LogP contribution is 2.52. The molecule has 1 N–H and O–H groups in total. The molecule has 138 valence electrons. The van der Waals surface area contributed by atoms with E-state index in [9.17, 15) is 18.4 Å². The van der Waals surface area contributed by atoms with E-state index < -0.39 is 35.6 Å². The van der Waals surface area contributed by atoms with Gasteiger partial charge in [0.05, 0.1) is 17.5 Å². The second kappa shape index (κ2) is 6.22. The van der Waals surface area contributed by atoms with E-state index in [1.165, 1.54) is 0 Å². The molecule has 2 aliphatic carbocycles. The van der Waals surface area contributed by atoms with Crippen molar-refractivity contribution in [1.29, 1.82) is 5.26 Å². The fourth-order valence-electron chi connectivity index (χ4n) is 3.75. The Bertz CT molecular complexity index is 600. The summed E-state index contributed by atoms with van der Waals surface area (Å²) < 4.78 is 27.0. The number of rotatable bonds is 6. The van der Waals surface area contributed by atoms with Crippen LogP contribution in [0.2, 0.25) is 0 Å². The third-order valence-electron chi connectivity index (χ3n) is 5.76. The van der Waals surface area contributed by atoms with E-state index in [1.807, 2.05) is 0 Å². The summed E-state index contributed by atoms with van der Waals surface area (Å²) >= 11 is 0. The number of alkyl halides is 2. The second-order valence-corrected chi connectivity index (χ2v) is 8.34. The van der Waals surface area contributed by atoms with E-state index in [1.54, 1.807) is 4.90 Å². The van der Waals surface area contributed by atoms with Crippen molar-refractivity contribution >= 4 is 11.8 Å². The van der Waals surface area contributed by atoms with Gasteiger partial charge in [-0.3, -0.25) is 4.79 Å². The number of halogens is 2. The smallest absolute Gasteiger partial charge is 0.318 e. The fraction of sp³-hybridized carbons (Fsp3) is 0.833. The van der Waals surface area contributed by atoms with Gasteiger partial charge < -0.3 is 10.2 Å². The number of ketones is 1. The van der Waals surface area contributed by atoms with Crippen molar-refractivity contribution in [2.24, 2.45) is 10.8 Å². The van der Waals surface area contributed by atoms with Gasteiger partial charge in [-0.05, 0) is 50.9 Å². The zero-order valence-corrected chi connectivity index (χ0v) is 14.6. The van der Waals surface area contributed by atoms with Crippen LogP contribution in [0.15, 0.2) is 0 Å². The Hall–Kier alpha value is -1.71. The van der Waals surface area contributed by atoms with E-state index >= 15 is 0 Å². The molecule has 3 rings (SSSR count). The van der Waals surface area contributed by atoms with Crippen LogP contribution in [0.1, 0.15) is 58.3 Å². The molecule has 0 aromatic rings. The highest BCUT2D eigenvalue weighted by molar-refractivity contribution is 5.89. The number of urea groups is 1. The van der Waals surface area contributed by atoms with Crippen molar-refractivity contribution in [3.63, 3.8) is 0 Å². The van der Waals surface area contributed by atoms with Gasteiger partial charge in [-0.2, -0.15) is 5.26 Å². The quantitative estimate of drug-likeness (QED) is 0.797. The van der Waals surface area contributed by atoms with Crippen LogP contribution in [-0.2, 0) is 4.79 Å². The van der Waals surface area contributed by atoms with Gasteiger partial charge in [-0.15, -0.1) is 0 Å². The number of nitriles is 1. The molecule has 0 unspecified atom stereocenters. The van der Waals surface area contributed by atoms with Crippen molar-refractivity contribution in [3.05, 3.63) is 0 Å². The molecule has 3 fully saturated rings. The number of nitrogens with zero attached hydrogens (tertiary/aromatic N) is 2. The summed E-state index contributed by atoms with van der Waals surface area (Å²) in [4.78, 5) is 26.6. The first-order valence-corrected chi connectivity index (χ1v) is 9.03. The monoisotopic (exact) mass is 353 g/mol. The first-order valence-electron chi connectivity index (χ1n) is 9.03. The minimum absolute atomic E-state index is 0.0610. The molecule has 2 amide bonds. The summed E-state index contributed by atoms with van der Waals surface area (Å²) in [6, 6.07) is 0.430. The molecule has 0 aromatic heterocycles. The van der Waals surface area contributed by atoms with Gasteiger partial charge in [0, 0.05) is 25.9 Å². The molecule has 1 heterocycles. The normalized spacial score (nSPS) is 24.3. The SMILES string of the molecule is CC(F)(F)C[C@H](NC(=O)N1CCCC2(CC2)C1)C(=O)CC1(C#N)CC1. The van der Waals surface area contributed by atoms with Crippen LogP contribution in [-0.4, -0.2) is 41.8 Å². The summed E-state index contributed by atoms with van der Waals surface area (Å²) in [5.74, 6) is -3.52. The minimum atomic E-state index is -3.06. The van der Waals surface area contributed by atoms with Gasteiger partial charge in [0.2, 0.25) is 5.92 Å². The molecule has 1 atom stereocenters. The molecule has 1 spiro atoms. The van der Waals surface area contributed by atoms with Crippen molar-refractivity contribution in [2.75, 3.05) is 13.1 Å². The summed E-state index contributed by atoms with van der Waals surface area (Å²) in [7, 11) is 0. The largest absolute Gasteiger partial charge is 0.328 e. The van der Waals surface area contributed by atoms with E-state index in [0.717, 1.165) is 32.6 Å². The number of carbonyl (C=O) groups excluding carboxylic acids is 2. The minimum Gasteiger partial charge on any atom is -0.328 e. The van der Waals surface area contributed by atoms with Gasteiger partial charge in [0.1, 0.15) is 0 Å². The van der Waals surface area contributed by atoms with Crippen LogP contribution >= 0.6 is 0 Å². The van der Waals surface area contributed by atoms with Crippen molar-refractivity contribution in [2.45, 2.75) is 70.3 Å². The maximum Gasteiger partial charge on any atom is 0.318 e. The highest BCUT2D eigenvalue weighted by Gasteiger charge is 2.48. The zero-order chi connectivity index (χ0) is 18.3. The molecule has 0 aromatic carbocycles. The Morgan fingerprint density at radius 1 is 1.28 bits per heavy atom. The summed E-state index contributed by atoms with van der Waals surface area (Å²) in [6.07, 6.45) is 4.69. The molecule has 0 bridgehead atoms. The van der Waals surface area contributed by atoms with E-state index in [-0.39, 0.29) is 11.8 Å². The van der Waals surface area contributed by atoms with Crippen molar-refractivity contribution in [1.82, 2.24) is 10.2 Å². The number of piperidine rings is 1. The first-order chi connectivity index (χ1) is 11.7. The Labute approximate surface area is 146 Å². The molecule has 25 heavy (non-hydrogen) atoms. The number of hydrogen-bond donors (Lipinski definition) is 1. The van der Waals surface area contributed by atoms with Crippen LogP contribution in [0, 0.1) is 22.2 Å². The predicted molar refractivity (Wildman–Crippen MR) is 86.9 cm³/mol. The third-order valence-corrected chi connectivity index (χ3v) is 5.76. The Morgan fingerprint density at radius 3 is 2.48 bits per heavy atom. The number of likely N-dealkylation sites (tertiary alicyclic amines) is 1. The highest BCUT2D eigenvalue weighted by atomic mass is 19.3. The van der Waals surface area contributed by atoms with E-state index in [2.05, 4.69) is 11.4 Å². The van der Waals surface area contributed by atoms with Gasteiger partial charge in [0.15, 0.2) is 5.78 Å². The van der Waals surface area contributed by atoms with Gasteiger partial charge in [-0.25, -0.2) is 13.6 Å². The molecule has 7 heteroatoms. The molecule has 0 radical (unpaired) electrons. The predicted octanol–water partition coefficient (Wildman–Crippen LogP) is 3.25. The topological polar surface area (TPSA) is 73.2 Å². The Kier molecular flexibility index (Phi) is 4.50. The average Bonchev–Trinajstić information content (AvgIpc) is 3.45. The molecule has 5 nitrogen and oxygen atoms in total. The van der Waals surface area contributed by atoms with Crippen molar-refractivity contribution < 1.29 is 18.4 Å². The zero-order valence-electron chi connectivity index (χ0n) is 14.6. The standard InChI is InChI=1S/C18H25F2N3O2/c1-16(19,20)9-13(14(24)10-18(11-21)6-7-18)22-15(25)23-8-2-3-17(12-23)4-5-17/h13H,2-10,12H2,1H3,(H,22,25)/t13-/m0/s1. The lowest BCUT2D eigenvalue weighted by Gasteiger charge is -2.34. The third kappa shape index (κ3) is 4.47. The fourth-order valence-corrected chi connectivity index (χ4v) is 3.75. The second-order valence-electron chi connectivity index (χ2n) is 8.34. The molecule has 1 saturated heterocycles. The number of amides is 2. The van der Waals surface area contributed by atoms with Crippen LogP contribution in [0.25, 0.3) is 0 Å². The van der Waals surface area contributed by atoms with Crippen LogP contribution in [0.3, 0.4) is 0 Å². The number of Topliss-reactive ketones (excluding diaryl/α,β-unsaturated/α-hetero) is 1. The van der Waals surface area contributed by atoms with Gasteiger partial charge in [-0.1, -0.05) is 0 Å². The lowest BCUT2D eigenvalue weighted by molar-refractivity contribution is -0.124. The van der Waals surface area contributed by atoms with Gasteiger partial charge >= 0.3 is 6.03 Å². The first kappa shape index (κ1) is 18.1. The maximum atomic E-state index is 13.5. The van der Waals surface area contributed by atoms with Crippen LogP contribution < -0.4 is 5.32 Å². The molecule has 2 saturated carbocycles. The lowest BCUT2D eigenvalue weighted by atomic mass is 9.94. The maximum absolute atomic E-state index is 13.5. The average molecular weight is 353 g/mol. The number of hydrogen-bond acceptors (Lipinski definition) is 3. The Morgan fingerprint density at radius 2 is 1.96 bits per heavy atom. The van der Waals surface area contributed by atoms with Crippen molar-refractivity contribution in [3.8, 4) is 6.07 Å². The Balaban J connectivity index is 1.63.